The third-order valence-electron chi connectivity index (χ3n) is 2.07. The van der Waals surface area contributed by atoms with Crippen LogP contribution >= 0.6 is 12.4 Å². The van der Waals surface area contributed by atoms with Gasteiger partial charge in [-0.1, -0.05) is 12.1 Å². The molecule has 1 unspecified atom stereocenters. The minimum atomic E-state index is 0. The van der Waals surface area contributed by atoms with Crippen LogP contribution in [0.5, 0.6) is 0 Å². The fourth-order valence-electron chi connectivity index (χ4n) is 1.11. The summed E-state index contributed by atoms with van der Waals surface area (Å²) in [6, 6.07) is 0.354. The van der Waals surface area contributed by atoms with Gasteiger partial charge < -0.3 is 14.6 Å². The number of hydrogen-bond donors (Lipinski definition) is 1. The van der Waals surface area contributed by atoms with Gasteiger partial charge in [-0.3, -0.25) is 0 Å². The highest BCUT2D eigenvalue weighted by Crippen LogP contribution is 2.02. The van der Waals surface area contributed by atoms with Gasteiger partial charge in [0.1, 0.15) is 6.61 Å². The third-order valence-corrected chi connectivity index (χ3v) is 2.07. The molecular formula is C10H20ClN3O2. The van der Waals surface area contributed by atoms with Gasteiger partial charge in [0.2, 0.25) is 0 Å². The van der Waals surface area contributed by atoms with Crippen LogP contribution in [0.15, 0.2) is 4.52 Å². The molecule has 1 rings (SSSR count). The Kier molecular flexibility index (Phi) is 8.15. The predicted octanol–water partition coefficient (Wildman–Crippen LogP) is 1.57. The summed E-state index contributed by atoms with van der Waals surface area (Å²) >= 11 is 0. The van der Waals surface area contributed by atoms with E-state index >= 15 is 0 Å². The molecule has 0 saturated carbocycles. The van der Waals surface area contributed by atoms with E-state index in [9.17, 15) is 0 Å². The Bertz CT molecular complexity index is 281. The van der Waals surface area contributed by atoms with E-state index < -0.39 is 0 Å². The molecule has 1 aromatic rings. The molecule has 0 fully saturated rings. The predicted molar refractivity (Wildman–Crippen MR) is 63.7 cm³/mol. The summed E-state index contributed by atoms with van der Waals surface area (Å²) in [5.74, 6) is 1.29. The summed E-state index contributed by atoms with van der Waals surface area (Å²) in [5, 5.41) is 7.00. The van der Waals surface area contributed by atoms with Crippen molar-refractivity contribution in [2.75, 3.05) is 13.7 Å². The van der Waals surface area contributed by atoms with Crippen molar-refractivity contribution in [2.24, 2.45) is 0 Å². The van der Waals surface area contributed by atoms with Crippen LogP contribution in [0.1, 0.15) is 32.0 Å². The largest absolute Gasteiger partial charge is 0.372 e. The average molecular weight is 250 g/mol. The number of nitrogens with one attached hydrogen (secondary N) is 1. The maximum atomic E-state index is 5.30. The van der Waals surface area contributed by atoms with Crippen LogP contribution in [0.3, 0.4) is 0 Å². The van der Waals surface area contributed by atoms with Gasteiger partial charge >= 0.3 is 0 Å². The average Bonchev–Trinajstić information content (AvgIpc) is 2.66. The van der Waals surface area contributed by atoms with Crippen molar-refractivity contribution in [2.45, 2.75) is 39.3 Å². The Morgan fingerprint density at radius 2 is 2.25 bits per heavy atom. The molecule has 1 heterocycles. The van der Waals surface area contributed by atoms with Crippen LogP contribution in [0.25, 0.3) is 0 Å². The van der Waals surface area contributed by atoms with Crippen LogP contribution in [-0.4, -0.2) is 29.8 Å². The Morgan fingerprint density at radius 1 is 1.50 bits per heavy atom. The first kappa shape index (κ1) is 15.3. The third kappa shape index (κ3) is 5.44. The number of aromatic nitrogens is 2. The fraction of sp³-hybridized carbons (Fsp3) is 0.800. The summed E-state index contributed by atoms with van der Waals surface area (Å²) in [5.41, 5.74) is 0. The number of rotatable bonds is 7. The van der Waals surface area contributed by atoms with E-state index in [1.54, 1.807) is 0 Å². The molecule has 0 aliphatic heterocycles. The summed E-state index contributed by atoms with van der Waals surface area (Å²) in [7, 11) is 1.91. The lowest BCUT2D eigenvalue weighted by Gasteiger charge is -2.04. The normalized spacial score (nSPS) is 12.2. The van der Waals surface area contributed by atoms with E-state index in [4.69, 9.17) is 9.26 Å². The second-order valence-corrected chi connectivity index (χ2v) is 3.55. The zero-order valence-corrected chi connectivity index (χ0v) is 10.8. The SMILES string of the molecule is CCCOCc1nc(CC(C)NC)no1.Cl. The first-order chi connectivity index (χ1) is 7.26. The van der Waals surface area contributed by atoms with Crippen LogP contribution in [0, 0.1) is 0 Å². The highest BCUT2D eigenvalue weighted by Gasteiger charge is 2.08. The van der Waals surface area contributed by atoms with Gasteiger partial charge in [0.05, 0.1) is 0 Å². The minimum absolute atomic E-state index is 0. The summed E-state index contributed by atoms with van der Waals surface area (Å²) < 4.78 is 10.3. The molecule has 5 nitrogen and oxygen atoms in total. The van der Waals surface area contributed by atoms with E-state index in [1.165, 1.54) is 0 Å². The maximum Gasteiger partial charge on any atom is 0.252 e. The smallest absolute Gasteiger partial charge is 0.252 e. The summed E-state index contributed by atoms with van der Waals surface area (Å²) in [6.45, 7) is 5.27. The van der Waals surface area contributed by atoms with Gasteiger partial charge in [-0.25, -0.2) is 0 Å². The zero-order valence-electron chi connectivity index (χ0n) is 10.0. The topological polar surface area (TPSA) is 60.2 Å². The second kappa shape index (κ2) is 8.50. The Balaban J connectivity index is 0.00000225. The number of ether oxygens (including phenoxy) is 1. The molecular weight excluding hydrogens is 230 g/mol. The van der Waals surface area contributed by atoms with Crippen LogP contribution in [0.2, 0.25) is 0 Å². The second-order valence-electron chi connectivity index (χ2n) is 3.55. The molecule has 1 N–H and O–H groups in total. The maximum absolute atomic E-state index is 5.30. The molecule has 16 heavy (non-hydrogen) atoms. The molecule has 0 radical (unpaired) electrons. The molecule has 0 bridgehead atoms. The standard InChI is InChI=1S/C10H19N3O2.ClH/c1-4-5-14-7-10-12-9(13-15-10)6-8(2)11-3;/h8,11H,4-7H2,1-3H3;1H. The van der Waals surface area contributed by atoms with Crippen molar-refractivity contribution >= 4 is 12.4 Å². The summed E-state index contributed by atoms with van der Waals surface area (Å²) in [6.07, 6.45) is 1.77. The van der Waals surface area contributed by atoms with Crippen LogP contribution in [0.4, 0.5) is 0 Å². The minimum Gasteiger partial charge on any atom is -0.372 e. The number of halogens is 1. The number of likely N-dealkylation sites (N-methyl/N-ethyl adjacent to an activating group) is 1. The highest BCUT2D eigenvalue weighted by molar-refractivity contribution is 5.85. The lowest BCUT2D eigenvalue weighted by atomic mass is 10.2. The number of nitrogens with zero attached hydrogens (tertiary/aromatic N) is 2. The van der Waals surface area contributed by atoms with Gasteiger partial charge in [0, 0.05) is 19.1 Å². The van der Waals surface area contributed by atoms with Crippen molar-refractivity contribution in [3.05, 3.63) is 11.7 Å². The van der Waals surface area contributed by atoms with Gasteiger partial charge in [0.25, 0.3) is 5.89 Å². The van der Waals surface area contributed by atoms with Gasteiger partial charge in [-0.2, -0.15) is 4.98 Å². The van der Waals surface area contributed by atoms with Crippen LogP contribution in [-0.2, 0) is 17.8 Å². The lowest BCUT2D eigenvalue weighted by Crippen LogP contribution is -2.24. The number of hydrogen-bond acceptors (Lipinski definition) is 5. The van der Waals surface area contributed by atoms with Crippen molar-refractivity contribution in [3.63, 3.8) is 0 Å². The Hall–Kier alpha value is -0.650. The van der Waals surface area contributed by atoms with E-state index in [-0.39, 0.29) is 12.4 Å². The molecule has 0 spiro atoms. The monoisotopic (exact) mass is 249 g/mol. The first-order valence-corrected chi connectivity index (χ1v) is 5.32. The molecule has 0 amide bonds. The van der Waals surface area contributed by atoms with Crippen molar-refractivity contribution in [1.29, 1.82) is 0 Å². The molecule has 1 aromatic heterocycles. The van der Waals surface area contributed by atoms with E-state index in [0.717, 1.165) is 25.3 Å². The summed E-state index contributed by atoms with van der Waals surface area (Å²) in [4.78, 5) is 4.23. The molecule has 6 heteroatoms. The van der Waals surface area contributed by atoms with Gasteiger partial charge in [-0.15, -0.1) is 12.4 Å². The Morgan fingerprint density at radius 3 is 2.88 bits per heavy atom. The van der Waals surface area contributed by atoms with Gasteiger partial charge in [-0.05, 0) is 20.4 Å². The van der Waals surface area contributed by atoms with Crippen molar-refractivity contribution < 1.29 is 9.26 Å². The highest BCUT2D eigenvalue weighted by atomic mass is 35.5. The molecule has 1 atom stereocenters. The zero-order chi connectivity index (χ0) is 11.1. The van der Waals surface area contributed by atoms with Gasteiger partial charge in [0.15, 0.2) is 5.82 Å². The quantitative estimate of drug-likeness (QED) is 0.744. The molecule has 0 aliphatic carbocycles. The first-order valence-electron chi connectivity index (χ1n) is 5.32. The van der Waals surface area contributed by atoms with Crippen molar-refractivity contribution in [3.8, 4) is 0 Å². The molecule has 0 aliphatic rings. The molecule has 0 aromatic carbocycles. The molecule has 94 valence electrons. The Labute approximate surface area is 102 Å². The van der Waals surface area contributed by atoms with Crippen LogP contribution < -0.4 is 5.32 Å². The lowest BCUT2D eigenvalue weighted by molar-refractivity contribution is 0.0981. The van der Waals surface area contributed by atoms with E-state index in [0.29, 0.717) is 18.5 Å². The van der Waals surface area contributed by atoms with E-state index in [1.807, 2.05) is 7.05 Å². The van der Waals surface area contributed by atoms with Crippen molar-refractivity contribution in [1.82, 2.24) is 15.5 Å². The fourth-order valence-corrected chi connectivity index (χ4v) is 1.11. The van der Waals surface area contributed by atoms with E-state index in [2.05, 4.69) is 29.3 Å². The molecule has 0 saturated heterocycles.